The Balaban J connectivity index is 0.000000755. The van der Waals surface area contributed by atoms with E-state index in [1.54, 1.807) is 0 Å². The summed E-state index contributed by atoms with van der Waals surface area (Å²) in [6.07, 6.45) is 23.4. The average molecular weight is 541 g/mol. The normalized spacial score (nSPS) is 11.1. The molecule has 1 aromatic carbocycles. The van der Waals surface area contributed by atoms with Gasteiger partial charge in [0.05, 0.1) is 60.3 Å². The van der Waals surface area contributed by atoms with E-state index < -0.39 is 37.6 Å². The van der Waals surface area contributed by atoms with E-state index in [0.717, 1.165) is 4.48 Å². The molecule has 0 heterocycles. The summed E-state index contributed by atoms with van der Waals surface area (Å²) in [6, 6.07) is 0.769. The first-order valence-corrected chi connectivity index (χ1v) is 14.0. The van der Waals surface area contributed by atoms with E-state index in [2.05, 4.69) is 28.1 Å². The van der Waals surface area contributed by atoms with Gasteiger partial charge in [0.2, 0.25) is 0 Å². The van der Waals surface area contributed by atoms with Gasteiger partial charge in [0, 0.05) is 0 Å². The van der Waals surface area contributed by atoms with Crippen LogP contribution in [-0.2, 0) is 0 Å². The predicted molar refractivity (Wildman–Crippen MR) is 148 cm³/mol. The minimum Gasteiger partial charge on any atom is -0.863 e. The van der Waals surface area contributed by atoms with Crippen molar-refractivity contribution in [2.24, 2.45) is 0 Å². The third kappa shape index (κ3) is 17.6. The third-order valence-corrected chi connectivity index (χ3v) is 6.32. The minimum atomic E-state index is -1.46. The molecule has 0 bridgehead atoms. The Hall–Kier alpha value is -2.82. The maximum atomic E-state index is 11.1. The summed E-state index contributed by atoms with van der Waals surface area (Å²) < 4.78 is 1.12. The molecule has 0 spiro atoms. The maximum absolute atomic E-state index is 11.1. The molecule has 0 amide bonds. The van der Waals surface area contributed by atoms with Gasteiger partial charge in [-0.1, -0.05) is 96.8 Å². The van der Waals surface area contributed by atoms with Crippen LogP contribution in [0, 0.1) is 30.3 Å². The van der Waals surface area contributed by atoms with Crippen molar-refractivity contribution in [3.05, 3.63) is 42.5 Å². The van der Waals surface area contributed by atoms with Crippen molar-refractivity contribution in [3.63, 3.8) is 0 Å². The fourth-order valence-electron chi connectivity index (χ4n) is 4.10. The first kappa shape index (κ1) is 35.2. The highest BCUT2D eigenvalue weighted by atomic mass is 16.6. The molecule has 0 fully saturated rings. The van der Waals surface area contributed by atoms with Gasteiger partial charge < -0.3 is 9.59 Å². The number of nitro benzene ring substituents is 3. The number of unbranched alkanes of at least 4 members (excludes halogenated alkanes) is 15. The molecule has 11 nitrogen and oxygen atoms in total. The quantitative estimate of drug-likeness (QED) is 0.0720. The van der Waals surface area contributed by atoms with Crippen LogP contribution >= 0.6 is 0 Å². The van der Waals surface area contributed by atoms with Crippen LogP contribution in [0.4, 0.5) is 17.1 Å². The Morgan fingerprint density at radius 2 is 0.895 bits per heavy atom. The molecule has 0 unspecified atom stereocenters. The molecule has 1 rings (SSSR count). The van der Waals surface area contributed by atoms with Crippen LogP contribution in [0.25, 0.3) is 0 Å². The standard InChI is InChI=1S/C21H46N.C6H3N3O7/c1-5-6-7-8-9-10-11-12-13-14-15-16-17-18-19-20-21-22(2,3)4;10-6-4(8(13)14)1-3(7(11)12)2-5(6)9(15)16/h5-21H2,1-4H3;1-2,10H/q+1;/p-1. The SMILES string of the molecule is CCCCCCCCCCCCCCCCCC[N+](C)(C)C.O=[N+]([O-])c1cc([N+](=O)[O-])c([O-])c([N+](=O)[O-])c1. The zero-order valence-electron chi connectivity index (χ0n) is 23.8. The van der Waals surface area contributed by atoms with Crippen LogP contribution < -0.4 is 5.11 Å². The van der Waals surface area contributed by atoms with E-state index in [1.807, 2.05) is 0 Å². The monoisotopic (exact) mass is 540 g/mol. The van der Waals surface area contributed by atoms with Crippen LogP contribution in [0.1, 0.15) is 110 Å². The van der Waals surface area contributed by atoms with Crippen LogP contribution in [0.15, 0.2) is 12.1 Å². The van der Waals surface area contributed by atoms with E-state index in [4.69, 9.17) is 0 Å². The van der Waals surface area contributed by atoms with E-state index in [0.29, 0.717) is 12.1 Å². The lowest BCUT2D eigenvalue weighted by Crippen LogP contribution is -2.35. The van der Waals surface area contributed by atoms with Crippen molar-refractivity contribution in [1.82, 2.24) is 0 Å². The molecule has 0 aliphatic carbocycles. The number of quaternary nitrogens is 1. The lowest BCUT2D eigenvalue weighted by atomic mass is 10.0. The molecule has 0 atom stereocenters. The van der Waals surface area contributed by atoms with Gasteiger partial charge >= 0.3 is 0 Å². The Labute approximate surface area is 227 Å². The van der Waals surface area contributed by atoms with Crippen molar-refractivity contribution in [1.29, 1.82) is 0 Å². The van der Waals surface area contributed by atoms with Gasteiger partial charge in [0.1, 0.15) is 0 Å². The van der Waals surface area contributed by atoms with Crippen molar-refractivity contribution >= 4 is 17.1 Å². The number of nitro groups is 3. The predicted octanol–water partition coefficient (Wildman–Crippen LogP) is 7.44. The van der Waals surface area contributed by atoms with E-state index >= 15 is 0 Å². The highest BCUT2D eigenvalue weighted by molar-refractivity contribution is 5.63. The summed E-state index contributed by atoms with van der Waals surface area (Å²) in [6.45, 7) is 3.63. The molecular weight excluding hydrogens is 492 g/mol. The van der Waals surface area contributed by atoms with Crippen LogP contribution in [0.5, 0.6) is 5.75 Å². The molecule has 0 saturated carbocycles. The topological polar surface area (TPSA) is 152 Å². The van der Waals surface area contributed by atoms with Gasteiger partial charge in [0.25, 0.3) is 17.1 Å². The summed E-state index contributed by atoms with van der Waals surface area (Å²) in [4.78, 5) is 27.5. The molecule has 0 aliphatic rings. The second-order valence-electron chi connectivity index (χ2n) is 10.9. The van der Waals surface area contributed by atoms with Crippen molar-refractivity contribution < 1.29 is 24.4 Å². The molecule has 0 saturated heterocycles. The zero-order chi connectivity index (χ0) is 29.0. The van der Waals surface area contributed by atoms with E-state index in [1.165, 1.54) is 109 Å². The second kappa shape index (κ2) is 20.2. The maximum Gasteiger partial charge on any atom is 0.283 e. The summed E-state index contributed by atoms with van der Waals surface area (Å²) in [7, 11) is 6.89. The number of benzene rings is 1. The highest BCUT2D eigenvalue weighted by Gasteiger charge is 2.24. The van der Waals surface area contributed by atoms with Crippen LogP contribution in [0.2, 0.25) is 0 Å². The molecule has 0 aromatic heterocycles. The average Bonchev–Trinajstić information content (AvgIpc) is 2.83. The van der Waals surface area contributed by atoms with Crippen LogP contribution in [-0.4, -0.2) is 46.9 Å². The van der Waals surface area contributed by atoms with Gasteiger partial charge in [-0.15, -0.1) is 0 Å². The lowest BCUT2D eigenvalue weighted by Gasteiger charge is -2.23. The number of nitrogens with zero attached hydrogens (tertiary/aromatic N) is 4. The summed E-state index contributed by atoms with van der Waals surface area (Å²) in [5.41, 5.74) is -3.26. The van der Waals surface area contributed by atoms with Gasteiger partial charge in [-0.2, -0.15) is 0 Å². The molecule has 0 N–H and O–H groups in total. The number of hydrogen-bond acceptors (Lipinski definition) is 7. The molecular formula is C27H48N4O7. The molecule has 0 aliphatic heterocycles. The molecule has 38 heavy (non-hydrogen) atoms. The zero-order valence-corrected chi connectivity index (χ0v) is 23.8. The highest BCUT2D eigenvalue weighted by Crippen LogP contribution is 2.36. The number of hydrogen-bond donors (Lipinski definition) is 0. The molecule has 11 heteroatoms. The smallest absolute Gasteiger partial charge is 0.283 e. The molecule has 218 valence electrons. The van der Waals surface area contributed by atoms with Crippen molar-refractivity contribution in [2.45, 2.75) is 110 Å². The van der Waals surface area contributed by atoms with E-state index in [-0.39, 0.29) is 0 Å². The summed E-state index contributed by atoms with van der Waals surface area (Å²) >= 11 is 0. The summed E-state index contributed by atoms with van der Waals surface area (Å²) in [5.74, 6) is -1.46. The van der Waals surface area contributed by atoms with Gasteiger partial charge in [-0.3, -0.25) is 30.3 Å². The van der Waals surface area contributed by atoms with E-state index in [9.17, 15) is 35.4 Å². The van der Waals surface area contributed by atoms with Crippen molar-refractivity contribution in [3.8, 4) is 5.75 Å². The number of rotatable bonds is 20. The second-order valence-corrected chi connectivity index (χ2v) is 10.9. The van der Waals surface area contributed by atoms with Gasteiger partial charge in [0.15, 0.2) is 0 Å². The van der Waals surface area contributed by atoms with Gasteiger partial charge in [-0.25, -0.2) is 0 Å². The summed E-state index contributed by atoms with van der Waals surface area (Å²) in [5, 5.41) is 42.1. The fraction of sp³-hybridized carbons (Fsp3) is 0.778. The van der Waals surface area contributed by atoms with Crippen LogP contribution in [0.3, 0.4) is 0 Å². The molecule has 1 aromatic rings. The largest absolute Gasteiger partial charge is 0.863 e. The Morgan fingerprint density at radius 3 is 1.16 bits per heavy atom. The van der Waals surface area contributed by atoms with Crippen molar-refractivity contribution in [2.75, 3.05) is 27.7 Å². The number of non-ortho nitro benzene ring substituents is 1. The lowest BCUT2D eigenvalue weighted by molar-refractivity contribution is -0.870. The third-order valence-electron chi connectivity index (χ3n) is 6.32. The first-order valence-electron chi connectivity index (χ1n) is 14.0. The minimum absolute atomic E-state index is 0.384. The Bertz CT molecular complexity index is 806. The van der Waals surface area contributed by atoms with Gasteiger partial charge in [-0.05, 0) is 12.8 Å². The first-order chi connectivity index (χ1) is 17.9. The molecule has 0 radical (unpaired) electrons. The Kier molecular flexibility index (Phi) is 18.7. The fourth-order valence-corrected chi connectivity index (χ4v) is 4.10. The Morgan fingerprint density at radius 1 is 0.579 bits per heavy atom.